The van der Waals surface area contributed by atoms with Crippen molar-refractivity contribution < 1.29 is 9.53 Å². The molecule has 0 fully saturated rings. The summed E-state index contributed by atoms with van der Waals surface area (Å²) in [6.45, 7) is 0. The summed E-state index contributed by atoms with van der Waals surface area (Å²) in [6, 6.07) is 6.52. The van der Waals surface area contributed by atoms with Gasteiger partial charge in [0.1, 0.15) is 11.3 Å². The quantitative estimate of drug-likeness (QED) is 0.704. The van der Waals surface area contributed by atoms with Gasteiger partial charge in [0.2, 0.25) is 0 Å². The minimum atomic E-state index is -0.419. The summed E-state index contributed by atoms with van der Waals surface area (Å²) in [5.74, 6) is 0.346. The normalized spacial score (nSPS) is 10.6. The second-order valence-electron chi connectivity index (χ2n) is 4.90. The molecule has 9 heteroatoms. The topological polar surface area (TPSA) is 69.0 Å². The lowest BCUT2D eigenvalue weighted by molar-refractivity contribution is 0.102. The molecule has 0 aliphatic rings. The number of hydrogen-bond acceptors (Lipinski definition) is 4. The van der Waals surface area contributed by atoms with Crippen LogP contribution in [0.2, 0.25) is 15.1 Å². The van der Waals surface area contributed by atoms with Crippen LogP contribution in [-0.4, -0.2) is 27.8 Å². The second-order valence-corrected chi connectivity index (χ2v) is 6.15. The molecule has 0 spiro atoms. The molecule has 1 aromatic carbocycles. The Morgan fingerprint density at radius 3 is 2.72 bits per heavy atom. The van der Waals surface area contributed by atoms with Gasteiger partial charge in [-0.3, -0.25) is 4.79 Å². The number of halogens is 3. The van der Waals surface area contributed by atoms with E-state index in [1.807, 2.05) is 0 Å². The van der Waals surface area contributed by atoms with Gasteiger partial charge in [0, 0.05) is 6.20 Å². The lowest BCUT2D eigenvalue weighted by Gasteiger charge is -2.09. The van der Waals surface area contributed by atoms with Crippen LogP contribution in [-0.2, 0) is 0 Å². The van der Waals surface area contributed by atoms with E-state index in [2.05, 4.69) is 15.4 Å². The Kier molecular flexibility index (Phi) is 5.13. The maximum atomic E-state index is 12.5. The Labute approximate surface area is 158 Å². The number of carbonyl (C=O) groups is 1. The van der Waals surface area contributed by atoms with E-state index < -0.39 is 5.91 Å². The maximum Gasteiger partial charge on any atom is 0.261 e. The maximum absolute atomic E-state index is 12.5. The summed E-state index contributed by atoms with van der Waals surface area (Å²) in [6.07, 6.45) is 4.49. The fourth-order valence-corrected chi connectivity index (χ4v) is 2.89. The van der Waals surface area contributed by atoms with Crippen molar-refractivity contribution in [1.82, 2.24) is 14.8 Å². The minimum absolute atomic E-state index is 0.238. The molecular formula is C16H11Cl3N4O2. The first-order chi connectivity index (χ1) is 12.0. The van der Waals surface area contributed by atoms with Crippen molar-refractivity contribution in [3.63, 3.8) is 0 Å². The number of amides is 1. The van der Waals surface area contributed by atoms with E-state index in [1.54, 1.807) is 30.5 Å². The fourth-order valence-electron chi connectivity index (χ4n) is 2.17. The average molecular weight is 398 g/mol. The number of carbonyl (C=O) groups excluding carboxylic acids is 1. The Bertz CT molecular complexity index is 943. The third-order valence-electron chi connectivity index (χ3n) is 3.27. The standard InChI is InChI=1S/C16H11Cl3N4O2/c1-25-13-4-2-3-11(18)14(13)16(24)22-10-7-21-23(8-10)15-12(19)5-9(17)6-20-15/h2-8H,1H3,(H,22,24). The van der Waals surface area contributed by atoms with E-state index in [0.29, 0.717) is 27.3 Å². The molecule has 0 saturated carbocycles. The summed E-state index contributed by atoms with van der Waals surface area (Å²) in [4.78, 5) is 16.6. The van der Waals surface area contributed by atoms with E-state index >= 15 is 0 Å². The van der Waals surface area contributed by atoms with Crippen LogP contribution < -0.4 is 10.1 Å². The largest absolute Gasteiger partial charge is 0.496 e. The Balaban J connectivity index is 1.86. The van der Waals surface area contributed by atoms with Gasteiger partial charge < -0.3 is 10.1 Å². The molecule has 0 saturated heterocycles. The highest BCUT2D eigenvalue weighted by atomic mass is 35.5. The number of rotatable bonds is 4. The number of nitrogens with zero attached hydrogens (tertiary/aromatic N) is 3. The third kappa shape index (κ3) is 3.71. The summed E-state index contributed by atoms with van der Waals surface area (Å²) >= 11 is 18.0. The van der Waals surface area contributed by atoms with E-state index in [1.165, 1.54) is 24.2 Å². The van der Waals surface area contributed by atoms with Crippen LogP contribution in [0.15, 0.2) is 42.9 Å². The number of nitrogens with one attached hydrogen (secondary N) is 1. The van der Waals surface area contributed by atoms with Crippen LogP contribution >= 0.6 is 34.8 Å². The number of methoxy groups -OCH3 is 1. The zero-order valence-corrected chi connectivity index (χ0v) is 15.1. The summed E-state index contributed by atoms with van der Waals surface area (Å²) in [5.41, 5.74) is 0.682. The lowest BCUT2D eigenvalue weighted by Crippen LogP contribution is -2.13. The molecule has 0 atom stereocenters. The molecule has 0 aliphatic carbocycles. The van der Waals surface area contributed by atoms with Crippen molar-refractivity contribution in [2.45, 2.75) is 0 Å². The fraction of sp³-hybridized carbons (Fsp3) is 0.0625. The molecule has 128 valence electrons. The van der Waals surface area contributed by atoms with Crippen molar-refractivity contribution in [3.8, 4) is 11.6 Å². The van der Waals surface area contributed by atoms with Crippen LogP contribution in [0.4, 0.5) is 5.69 Å². The van der Waals surface area contributed by atoms with Gasteiger partial charge >= 0.3 is 0 Å². The number of ether oxygens (including phenoxy) is 1. The molecule has 1 N–H and O–H groups in total. The van der Waals surface area contributed by atoms with Crippen LogP contribution in [0.25, 0.3) is 5.82 Å². The van der Waals surface area contributed by atoms with Crippen LogP contribution in [0, 0.1) is 0 Å². The molecule has 6 nitrogen and oxygen atoms in total. The first kappa shape index (κ1) is 17.5. The van der Waals surface area contributed by atoms with Gasteiger partial charge in [-0.2, -0.15) is 5.10 Å². The van der Waals surface area contributed by atoms with Gasteiger partial charge in [0.25, 0.3) is 5.91 Å². The third-order valence-corrected chi connectivity index (χ3v) is 4.07. The van der Waals surface area contributed by atoms with E-state index in [4.69, 9.17) is 39.5 Å². The zero-order valence-electron chi connectivity index (χ0n) is 12.8. The Morgan fingerprint density at radius 2 is 2.00 bits per heavy atom. The molecule has 1 amide bonds. The van der Waals surface area contributed by atoms with Crippen LogP contribution in [0.3, 0.4) is 0 Å². The molecule has 0 aliphatic heterocycles. The van der Waals surface area contributed by atoms with E-state index in [0.717, 1.165) is 0 Å². The number of pyridine rings is 1. The molecule has 25 heavy (non-hydrogen) atoms. The predicted octanol–water partition coefficient (Wildman–Crippen LogP) is 4.49. The van der Waals surface area contributed by atoms with Gasteiger partial charge in [-0.05, 0) is 18.2 Å². The molecule has 3 rings (SSSR count). The number of aromatic nitrogens is 3. The van der Waals surface area contributed by atoms with Gasteiger partial charge in [0.05, 0.1) is 40.3 Å². The van der Waals surface area contributed by atoms with Crippen molar-refractivity contribution in [2.24, 2.45) is 0 Å². The van der Waals surface area contributed by atoms with Crippen molar-refractivity contribution >= 4 is 46.4 Å². The van der Waals surface area contributed by atoms with Gasteiger partial charge in [-0.1, -0.05) is 40.9 Å². The molecule has 0 unspecified atom stereocenters. The first-order valence-corrected chi connectivity index (χ1v) is 8.13. The highest BCUT2D eigenvalue weighted by Gasteiger charge is 2.17. The van der Waals surface area contributed by atoms with Crippen LogP contribution in [0.5, 0.6) is 5.75 Å². The van der Waals surface area contributed by atoms with E-state index in [-0.39, 0.29) is 10.6 Å². The summed E-state index contributed by atoms with van der Waals surface area (Å²) in [7, 11) is 1.47. The lowest BCUT2D eigenvalue weighted by atomic mass is 10.2. The SMILES string of the molecule is COc1cccc(Cl)c1C(=O)Nc1cnn(-c2ncc(Cl)cc2Cl)c1. The van der Waals surface area contributed by atoms with Gasteiger partial charge in [0.15, 0.2) is 5.82 Å². The Hall–Kier alpha value is -2.28. The zero-order chi connectivity index (χ0) is 18.0. The molecule has 2 aromatic heterocycles. The second kappa shape index (κ2) is 7.31. The Morgan fingerprint density at radius 1 is 1.20 bits per heavy atom. The monoisotopic (exact) mass is 396 g/mol. The molecule has 2 heterocycles. The highest BCUT2D eigenvalue weighted by molar-refractivity contribution is 6.35. The molecule has 0 radical (unpaired) electrons. The molecular weight excluding hydrogens is 387 g/mol. The number of hydrogen-bond donors (Lipinski definition) is 1. The number of benzene rings is 1. The smallest absolute Gasteiger partial charge is 0.261 e. The van der Waals surface area contributed by atoms with Crippen LogP contribution in [0.1, 0.15) is 10.4 Å². The summed E-state index contributed by atoms with van der Waals surface area (Å²) in [5, 5.41) is 7.88. The average Bonchev–Trinajstić information content (AvgIpc) is 3.02. The predicted molar refractivity (Wildman–Crippen MR) is 97.3 cm³/mol. The summed E-state index contributed by atoms with van der Waals surface area (Å²) < 4.78 is 6.61. The van der Waals surface area contributed by atoms with Crippen molar-refractivity contribution in [2.75, 3.05) is 12.4 Å². The molecule has 3 aromatic rings. The van der Waals surface area contributed by atoms with Crippen molar-refractivity contribution in [1.29, 1.82) is 0 Å². The number of anilines is 1. The molecule has 0 bridgehead atoms. The van der Waals surface area contributed by atoms with Crippen molar-refractivity contribution in [3.05, 3.63) is 63.5 Å². The minimum Gasteiger partial charge on any atom is -0.496 e. The first-order valence-electron chi connectivity index (χ1n) is 6.99. The highest BCUT2D eigenvalue weighted by Crippen LogP contribution is 2.27. The van der Waals surface area contributed by atoms with E-state index in [9.17, 15) is 4.79 Å². The van der Waals surface area contributed by atoms with Gasteiger partial charge in [-0.25, -0.2) is 9.67 Å². The van der Waals surface area contributed by atoms with Gasteiger partial charge in [-0.15, -0.1) is 0 Å².